The zero-order chi connectivity index (χ0) is 11.5. The molecular formula is C12H11ClFN. The van der Waals surface area contributed by atoms with Gasteiger partial charge in [0.05, 0.1) is 6.07 Å². The van der Waals surface area contributed by atoms with Gasteiger partial charge in [-0.1, -0.05) is 23.7 Å². The second-order valence-electron chi connectivity index (χ2n) is 3.75. The van der Waals surface area contributed by atoms with Crippen LogP contribution in [0.2, 0.25) is 5.02 Å². The van der Waals surface area contributed by atoms with Crippen molar-refractivity contribution in [2.75, 3.05) is 0 Å². The molecule has 0 aromatic heterocycles. The lowest BCUT2D eigenvalue weighted by molar-refractivity contribution is 0.458. The molecule has 1 aromatic carbocycles. The molecule has 78 valence electrons. The minimum Gasteiger partial charge on any atom is -0.210 e. The van der Waals surface area contributed by atoms with Crippen LogP contribution in [-0.4, -0.2) is 0 Å². The lowest BCUT2D eigenvalue weighted by atomic mass is 9.83. The summed E-state index contributed by atoms with van der Waals surface area (Å²) in [6.07, 6.45) is 0.925. The Hall–Kier alpha value is -1.33. The Labute approximate surface area is 93.8 Å². The molecule has 0 unspecified atom stereocenters. The van der Waals surface area contributed by atoms with Gasteiger partial charge in [0, 0.05) is 16.5 Å². The highest BCUT2D eigenvalue weighted by atomic mass is 35.5. The Bertz CT molecular complexity index is 412. The smallest absolute Gasteiger partial charge is 0.120 e. The monoisotopic (exact) mass is 223 g/mol. The van der Waals surface area contributed by atoms with Crippen LogP contribution in [0.1, 0.15) is 19.4 Å². The quantitative estimate of drug-likeness (QED) is 0.696. The molecule has 0 radical (unpaired) electrons. The maximum atomic E-state index is 13.6. The highest BCUT2D eigenvalue weighted by Gasteiger charge is 2.25. The molecule has 1 rings (SSSR count). The fraction of sp³-hybridized carbons (Fsp3) is 0.250. The molecule has 0 aliphatic heterocycles. The van der Waals surface area contributed by atoms with Gasteiger partial charge in [-0.05, 0) is 31.5 Å². The zero-order valence-corrected chi connectivity index (χ0v) is 9.35. The summed E-state index contributed by atoms with van der Waals surface area (Å²) < 4.78 is 13.6. The maximum absolute atomic E-state index is 13.6. The van der Waals surface area contributed by atoms with E-state index in [1.165, 1.54) is 0 Å². The molecule has 0 spiro atoms. The van der Waals surface area contributed by atoms with E-state index in [1.54, 1.807) is 44.2 Å². The van der Waals surface area contributed by atoms with Crippen molar-refractivity contribution >= 4 is 11.6 Å². The highest BCUT2D eigenvalue weighted by Crippen LogP contribution is 2.32. The first-order valence-electron chi connectivity index (χ1n) is 4.50. The van der Waals surface area contributed by atoms with Gasteiger partial charge in [0.2, 0.25) is 0 Å². The second kappa shape index (κ2) is 4.46. The summed E-state index contributed by atoms with van der Waals surface area (Å²) in [6, 6.07) is 8.62. The van der Waals surface area contributed by atoms with Gasteiger partial charge >= 0.3 is 0 Å². The number of benzene rings is 1. The van der Waals surface area contributed by atoms with Gasteiger partial charge in [0.15, 0.2) is 0 Å². The van der Waals surface area contributed by atoms with Crippen LogP contribution in [0.25, 0.3) is 0 Å². The van der Waals surface area contributed by atoms with Crippen molar-refractivity contribution in [2.45, 2.75) is 19.3 Å². The third-order valence-electron chi connectivity index (χ3n) is 2.35. The van der Waals surface area contributed by atoms with E-state index in [1.807, 2.05) is 0 Å². The highest BCUT2D eigenvalue weighted by molar-refractivity contribution is 6.30. The standard InChI is InChI=1S/C12H11ClFN/c1-12(2,11(14)7-8-15)9-3-5-10(13)6-4-9/h3-7H,1-2H3. The van der Waals surface area contributed by atoms with Crippen molar-refractivity contribution in [1.29, 1.82) is 5.26 Å². The van der Waals surface area contributed by atoms with Crippen LogP contribution in [-0.2, 0) is 5.41 Å². The number of nitrogens with zero attached hydrogens (tertiary/aromatic N) is 1. The van der Waals surface area contributed by atoms with Crippen molar-refractivity contribution in [3.63, 3.8) is 0 Å². The van der Waals surface area contributed by atoms with Gasteiger partial charge in [0.1, 0.15) is 5.83 Å². The molecule has 0 saturated carbocycles. The predicted molar refractivity (Wildman–Crippen MR) is 59.3 cm³/mol. The van der Waals surface area contributed by atoms with E-state index >= 15 is 0 Å². The Kier molecular flexibility index (Phi) is 3.49. The van der Waals surface area contributed by atoms with Gasteiger partial charge < -0.3 is 0 Å². The Morgan fingerprint density at radius 3 is 2.40 bits per heavy atom. The Morgan fingerprint density at radius 1 is 1.40 bits per heavy atom. The Balaban J connectivity index is 3.12. The number of hydrogen-bond acceptors (Lipinski definition) is 1. The number of halogens is 2. The van der Waals surface area contributed by atoms with Gasteiger partial charge in [-0.15, -0.1) is 0 Å². The molecule has 0 saturated heterocycles. The number of hydrogen-bond donors (Lipinski definition) is 0. The molecule has 0 fully saturated rings. The Morgan fingerprint density at radius 2 is 1.93 bits per heavy atom. The third-order valence-corrected chi connectivity index (χ3v) is 2.61. The first-order valence-corrected chi connectivity index (χ1v) is 4.88. The minimum absolute atomic E-state index is 0.452. The molecule has 0 N–H and O–H groups in total. The van der Waals surface area contributed by atoms with E-state index in [0.717, 1.165) is 11.6 Å². The molecule has 0 atom stereocenters. The summed E-state index contributed by atoms with van der Waals surface area (Å²) >= 11 is 5.74. The van der Waals surface area contributed by atoms with Crippen LogP contribution in [0.15, 0.2) is 36.2 Å². The summed E-state index contributed by atoms with van der Waals surface area (Å²) in [7, 11) is 0. The molecule has 1 aromatic rings. The topological polar surface area (TPSA) is 23.8 Å². The first kappa shape index (κ1) is 11.7. The summed E-state index contributed by atoms with van der Waals surface area (Å²) in [5, 5.41) is 9.01. The predicted octanol–water partition coefficient (Wildman–Crippen LogP) is 3.99. The van der Waals surface area contributed by atoms with Crippen molar-refractivity contribution in [1.82, 2.24) is 0 Å². The minimum atomic E-state index is -0.791. The summed E-state index contributed by atoms with van der Waals surface area (Å²) in [5.41, 5.74) is -0.00348. The van der Waals surface area contributed by atoms with Gasteiger partial charge in [-0.25, -0.2) is 4.39 Å². The van der Waals surface area contributed by atoms with E-state index in [0.29, 0.717) is 5.02 Å². The van der Waals surface area contributed by atoms with Crippen LogP contribution in [0.4, 0.5) is 4.39 Å². The average molecular weight is 224 g/mol. The van der Waals surface area contributed by atoms with E-state index in [4.69, 9.17) is 16.9 Å². The molecular weight excluding hydrogens is 213 g/mol. The fourth-order valence-electron chi connectivity index (χ4n) is 1.24. The molecule has 0 amide bonds. The van der Waals surface area contributed by atoms with Crippen LogP contribution in [0.3, 0.4) is 0 Å². The summed E-state index contributed by atoms with van der Waals surface area (Å²) in [6.45, 7) is 3.44. The van der Waals surface area contributed by atoms with E-state index in [2.05, 4.69) is 0 Å². The van der Waals surface area contributed by atoms with E-state index in [-0.39, 0.29) is 0 Å². The van der Waals surface area contributed by atoms with Crippen molar-refractivity contribution < 1.29 is 4.39 Å². The number of rotatable bonds is 2. The summed E-state index contributed by atoms with van der Waals surface area (Å²) in [5.74, 6) is -0.452. The fourth-order valence-corrected chi connectivity index (χ4v) is 1.37. The molecule has 1 nitrogen and oxygen atoms in total. The van der Waals surface area contributed by atoms with Crippen LogP contribution >= 0.6 is 11.6 Å². The van der Waals surface area contributed by atoms with Crippen LogP contribution in [0, 0.1) is 11.3 Å². The largest absolute Gasteiger partial charge is 0.210 e. The summed E-state index contributed by atoms with van der Waals surface area (Å²) in [4.78, 5) is 0. The van der Waals surface area contributed by atoms with E-state index < -0.39 is 11.2 Å². The maximum Gasteiger partial charge on any atom is 0.120 e. The zero-order valence-electron chi connectivity index (χ0n) is 8.59. The molecule has 0 bridgehead atoms. The van der Waals surface area contributed by atoms with Crippen molar-refractivity contribution in [2.24, 2.45) is 0 Å². The normalized spacial score (nSPS) is 12.3. The van der Waals surface area contributed by atoms with E-state index in [9.17, 15) is 4.39 Å². The lowest BCUT2D eigenvalue weighted by Crippen LogP contribution is -2.17. The average Bonchev–Trinajstić information content (AvgIpc) is 2.18. The second-order valence-corrected chi connectivity index (χ2v) is 4.19. The van der Waals surface area contributed by atoms with Gasteiger partial charge in [-0.2, -0.15) is 5.26 Å². The molecule has 0 heterocycles. The van der Waals surface area contributed by atoms with Crippen molar-refractivity contribution in [3.8, 4) is 6.07 Å². The number of nitriles is 1. The van der Waals surface area contributed by atoms with Crippen LogP contribution in [0.5, 0.6) is 0 Å². The van der Waals surface area contributed by atoms with Gasteiger partial charge in [0.25, 0.3) is 0 Å². The molecule has 0 aliphatic rings. The SMILES string of the molecule is CC(C)(C(F)=CC#N)c1ccc(Cl)cc1. The van der Waals surface area contributed by atoms with Crippen LogP contribution < -0.4 is 0 Å². The first-order chi connectivity index (χ1) is 6.98. The molecule has 15 heavy (non-hydrogen) atoms. The molecule has 0 aliphatic carbocycles. The van der Waals surface area contributed by atoms with Gasteiger partial charge in [-0.3, -0.25) is 0 Å². The van der Waals surface area contributed by atoms with Crippen molar-refractivity contribution in [3.05, 3.63) is 46.8 Å². The molecule has 3 heteroatoms. The third kappa shape index (κ3) is 2.57. The lowest BCUT2D eigenvalue weighted by Gasteiger charge is -2.22. The number of allylic oxidation sites excluding steroid dienone is 2.